The van der Waals surface area contributed by atoms with E-state index >= 15 is 0 Å². The van der Waals surface area contributed by atoms with Gasteiger partial charge in [-0.05, 0) is 45.2 Å². The Bertz CT molecular complexity index is 1050. The Morgan fingerprint density at radius 3 is 2.71 bits per heavy atom. The molecule has 4 rings (SSSR count). The van der Waals surface area contributed by atoms with Crippen molar-refractivity contribution in [2.45, 2.75) is 51.2 Å². The number of nitrogens with zero attached hydrogens (tertiary/aromatic N) is 3. The summed E-state index contributed by atoms with van der Waals surface area (Å²) in [6.45, 7) is 6.36. The summed E-state index contributed by atoms with van der Waals surface area (Å²) in [7, 11) is 0. The van der Waals surface area contributed by atoms with Gasteiger partial charge in [0.15, 0.2) is 0 Å². The number of rotatable bonds is 6. The van der Waals surface area contributed by atoms with Gasteiger partial charge in [0.1, 0.15) is 21.5 Å². The first kappa shape index (κ1) is 19.3. The van der Waals surface area contributed by atoms with Crippen LogP contribution in [-0.4, -0.2) is 32.6 Å². The first-order valence-corrected chi connectivity index (χ1v) is 11.1. The highest BCUT2D eigenvalue weighted by Crippen LogP contribution is 2.36. The molecule has 0 unspecified atom stereocenters. The van der Waals surface area contributed by atoms with Gasteiger partial charge in [-0.3, -0.25) is 4.79 Å². The standard InChI is InChI=1S/C21H22FN3OS2/c1-12-13(2)28-21-19(12)20(23-14(3)24-21)27-11-18(26)25(16-8-9-16)10-15-6-4-5-7-17(15)22/h4-7,16H,8-11H2,1-3H3. The van der Waals surface area contributed by atoms with Crippen LogP contribution >= 0.6 is 23.1 Å². The zero-order chi connectivity index (χ0) is 19.8. The molecule has 1 aliphatic rings. The van der Waals surface area contributed by atoms with Crippen molar-refractivity contribution in [1.82, 2.24) is 14.9 Å². The zero-order valence-corrected chi connectivity index (χ0v) is 17.8. The summed E-state index contributed by atoms with van der Waals surface area (Å²) < 4.78 is 14.1. The number of carbonyl (C=O) groups excluding carboxylic acids is 1. The van der Waals surface area contributed by atoms with Crippen LogP contribution in [-0.2, 0) is 11.3 Å². The minimum atomic E-state index is -0.258. The normalized spacial score (nSPS) is 13.9. The number of fused-ring (bicyclic) bond motifs is 1. The van der Waals surface area contributed by atoms with Crippen LogP contribution in [0.2, 0.25) is 0 Å². The van der Waals surface area contributed by atoms with Gasteiger partial charge in [0.05, 0.1) is 5.75 Å². The van der Waals surface area contributed by atoms with Gasteiger partial charge < -0.3 is 4.90 Å². The summed E-state index contributed by atoms with van der Waals surface area (Å²) in [6, 6.07) is 6.91. The molecule has 0 radical (unpaired) electrons. The lowest BCUT2D eigenvalue weighted by Gasteiger charge is -2.22. The van der Waals surface area contributed by atoms with E-state index in [4.69, 9.17) is 0 Å². The predicted molar refractivity (Wildman–Crippen MR) is 112 cm³/mol. The molecule has 146 valence electrons. The van der Waals surface area contributed by atoms with Crippen molar-refractivity contribution in [2.75, 3.05) is 5.75 Å². The summed E-state index contributed by atoms with van der Waals surface area (Å²) in [5.41, 5.74) is 1.75. The molecule has 0 spiro atoms. The first-order valence-electron chi connectivity index (χ1n) is 9.34. The predicted octanol–water partition coefficient (Wildman–Crippen LogP) is 5.04. The third kappa shape index (κ3) is 3.91. The second kappa shape index (κ2) is 7.79. The first-order chi connectivity index (χ1) is 13.4. The highest BCUT2D eigenvalue weighted by Gasteiger charge is 2.33. The van der Waals surface area contributed by atoms with Gasteiger partial charge in [0.2, 0.25) is 5.91 Å². The van der Waals surface area contributed by atoms with Crippen LogP contribution in [0.1, 0.15) is 34.7 Å². The van der Waals surface area contributed by atoms with Gasteiger partial charge in [-0.25, -0.2) is 14.4 Å². The maximum atomic E-state index is 14.1. The van der Waals surface area contributed by atoms with Crippen molar-refractivity contribution in [1.29, 1.82) is 0 Å². The topological polar surface area (TPSA) is 46.1 Å². The number of amides is 1. The van der Waals surface area contributed by atoms with E-state index in [-0.39, 0.29) is 17.8 Å². The van der Waals surface area contributed by atoms with Gasteiger partial charge in [-0.1, -0.05) is 30.0 Å². The van der Waals surface area contributed by atoms with Gasteiger partial charge in [-0.2, -0.15) is 0 Å². The van der Waals surface area contributed by atoms with Crippen molar-refractivity contribution in [3.8, 4) is 0 Å². The summed E-state index contributed by atoms with van der Waals surface area (Å²) in [6.07, 6.45) is 1.98. The van der Waals surface area contributed by atoms with Crippen LogP contribution in [0, 0.1) is 26.6 Å². The Labute approximate surface area is 172 Å². The second-order valence-electron chi connectivity index (χ2n) is 7.17. The Hall–Kier alpha value is -1.99. The van der Waals surface area contributed by atoms with Gasteiger partial charge in [0.25, 0.3) is 0 Å². The SMILES string of the molecule is Cc1nc(SCC(=O)N(Cc2ccccc2F)C2CC2)c2c(C)c(C)sc2n1. The molecule has 2 heterocycles. The van der Waals surface area contributed by atoms with Crippen LogP contribution in [0.5, 0.6) is 0 Å². The van der Waals surface area contributed by atoms with E-state index < -0.39 is 0 Å². The van der Waals surface area contributed by atoms with Gasteiger partial charge >= 0.3 is 0 Å². The average molecular weight is 416 g/mol. The molecular formula is C21H22FN3OS2. The minimum Gasteiger partial charge on any atom is -0.335 e. The molecule has 4 nitrogen and oxygen atoms in total. The quantitative estimate of drug-likeness (QED) is 0.418. The molecule has 1 saturated carbocycles. The van der Waals surface area contributed by atoms with Crippen molar-refractivity contribution in [3.05, 3.63) is 51.9 Å². The molecule has 3 aromatic rings. The van der Waals surface area contributed by atoms with E-state index in [2.05, 4.69) is 23.8 Å². The summed E-state index contributed by atoms with van der Waals surface area (Å²) in [5.74, 6) is 0.787. The number of hydrogen-bond acceptors (Lipinski definition) is 5. The maximum absolute atomic E-state index is 14.1. The fourth-order valence-corrected chi connectivity index (χ4v) is 5.41. The molecular weight excluding hydrogens is 393 g/mol. The molecule has 1 amide bonds. The molecule has 1 fully saturated rings. The average Bonchev–Trinajstić information content (AvgIpc) is 3.45. The molecule has 0 saturated heterocycles. The van der Waals surface area contributed by atoms with Gasteiger partial charge in [-0.15, -0.1) is 11.3 Å². The number of thiophene rings is 1. The van der Waals surface area contributed by atoms with Crippen LogP contribution in [0.3, 0.4) is 0 Å². The lowest BCUT2D eigenvalue weighted by molar-refractivity contribution is -0.129. The maximum Gasteiger partial charge on any atom is 0.233 e. The Kier molecular flexibility index (Phi) is 5.38. The molecule has 7 heteroatoms. The van der Waals surface area contributed by atoms with Gasteiger partial charge in [0, 0.05) is 28.4 Å². The van der Waals surface area contributed by atoms with Crippen LogP contribution < -0.4 is 0 Å². The van der Waals surface area contributed by atoms with Crippen molar-refractivity contribution >= 4 is 39.2 Å². The number of aromatic nitrogens is 2. The smallest absolute Gasteiger partial charge is 0.233 e. The summed E-state index contributed by atoms with van der Waals surface area (Å²) >= 11 is 3.12. The van der Waals surface area contributed by atoms with Crippen LogP contribution in [0.4, 0.5) is 4.39 Å². The highest BCUT2D eigenvalue weighted by atomic mass is 32.2. The third-order valence-electron chi connectivity index (χ3n) is 5.05. The van der Waals surface area contributed by atoms with E-state index in [0.717, 1.165) is 28.1 Å². The molecule has 1 aliphatic carbocycles. The molecule has 28 heavy (non-hydrogen) atoms. The monoisotopic (exact) mass is 415 g/mol. The van der Waals surface area contributed by atoms with Crippen molar-refractivity contribution < 1.29 is 9.18 Å². The second-order valence-corrected chi connectivity index (χ2v) is 9.34. The minimum absolute atomic E-state index is 0.0322. The molecule has 0 aliphatic heterocycles. The van der Waals surface area contributed by atoms with E-state index in [9.17, 15) is 9.18 Å². The van der Waals surface area contributed by atoms with E-state index in [0.29, 0.717) is 23.7 Å². The fraction of sp³-hybridized carbons (Fsp3) is 0.381. The lowest BCUT2D eigenvalue weighted by Crippen LogP contribution is -2.34. The van der Waals surface area contributed by atoms with Crippen molar-refractivity contribution in [2.24, 2.45) is 0 Å². The molecule has 0 N–H and O–H groups in total. The lowest BCUT2D eigenvalue weighted by atomic mass is 10.2. The summed E-state index contributed by atoms with van der Waals surface area (Å²) in [5, 5.41) is 1.91. The van der Waals surface area contributed by atoms with E-state index in [1.807, 2.05) is 17.9 Å². The fourth-order valence-electron chi connectivity index (χ4n) is 3.25. The Morgan fingerprint density at radius 1 is 1.25 bits per heavy atom. The molecule has 0 bridgehead atoms. The number of benzene rings is 1. The molecule has 0 atom stereocenters. The molecule has 2 aromatic heterocycles. The zero-order valence-electron chi connectivity index (χ0n) is 16.2. The molecule has 1 aromatic carbocycles. The number of aryl methyl sites for hydroxylation is 3. The highest BCUT2D eigenvalue weighted by molar-refractivity contribution is 8.00. The summed E-state index contributed by atoms with van der Waals surface area (Å²) in [4.78, 5) is 26.1. The number of carbonyl (C=O) groups is 1. The third-order valence-corrected chi connectivity index (χ3v) is 7.11. The van der Waals surface area contributed by atoms with E-state index in [1.54, 1.807) is 23.5 Å². The van der Waals surface area contributed by atoms with Crippen LogP contribution in [0.25, 0.3) is 10.2 Å². The largest absolute Gasteiger partial charge is 0.335 e. The number of hydrogen-bond donors (Lipinski definition) is 0. The van der Waals surface area contributed by atoms with Crippen LogP contribution in [0.15, 0.2) is 29.3 Å². The number of halogens is 1. The Morgan fingerprint density at radius 2 is 2.00 bits per heavy atom. The number of thioether (sulfide) groups is 1. The van der Waals surface area contributed by atoms with E-state index in [1.165, 1.54) is 28.3 Å². The Balaban J connectivity index is 1.53. The van der Waals surface area contributed by atoms with Crippen molar-refractivity contribution in [3.63, 3.8) is 0 Å².